The molecular formula is C22H27N3O4. The van der Waals surface area contributed by atoms with E-state index in [1.54, 1.807) is 34.1 Å². The van der Waals surface area contributed by atoms with Crippen LogP contribution in [-0.2, 0) is 4.79 Å². The number of hydrogen-bond donors (Lipinski definition) is 1. The lowest BCUT2D eigenvalue weighted by Crippen LogP contribution is -2.57. The van der Waals surface area contributed by atoms with Crippen LogP contribution in [0.25, 0.3) is 0 Å². The van der Waals surface area contributed by atoms with E-state index in [0.29, 0.717) is 37.5 Å². The van der Waals surface area contributed by atoms with E-state index in [1.807, 2.05) is 32.9 Å². The molecule has 29 heavy (non-hydrogen) atoms. The highest BCUT2D eigenvalue weighted by Crippen LogP contribution is 2.13. The zero-order valence-electron chi connectivity index (χ0n) is 17.1. The van der Waals surface area contributed by atoms with Crippen molar-refractivity contribution in [1.29, 1.82) is 0 Å². The molecule has 1 aromatic carbocycles. The molecule has 3 amide bonds. The quantitative estimate of drug-likeness (QED) is 0.839. The van der Waals surface area contributed by atoms with E-state index in [2.05, 4.69) is 5.32 Å². The Bertz CT molecular complexity index is 851. The maximum atomic E-state index is 13.1. The van der Waals surface area contributed by atoms with Crippen LogP contribution in [0.4, 0.5) is 0 Å². The van der Waals surface area contributed by atoms with Crippen molar-refractivity contribution < 1.29 is 18.8 Å². The van der Waals surface area contributed by atoms with Gasteiger partial charge in [0.25, 0.3) is 11.8 Å². The van der Waals surface area contributed by atoms with Gasteiger partial charge in [0, 0.05) is 31.7 Å². The van der Waals surface area contributed by atoms with Crippen molar-refractivity contribution in [3.8, 4) is 0 Å². The predicted molar refractivity (Wildman–Crippen MR) is 108 cm³/mol. The molecule has 0 bridgehead atoms. The third-order valence-corrected chi connectivity index (χ3v) is 5.14. The highest BCUT2D eigenvalue weighted by Gasteiger charge is 2.32. The summed E-state index contributed by atoms with van der Waals surface area (Å²) in [7, 11) is 0. The standard InChI is InChI=1S/C22H27N3O4/c1-15(2)19(23-20(26)17-8-6-16(3)7-9-17)22(28)25-12-10-24(11-13-25)21(27)18-5-4-14-29-18/h4-9,14-15,19H,10-13H2,1-3H3,(H,23,26). The van der Waals surface area contributed by atoms with Crippen LogP contribution in [0.1, 0.15) is 40.3 Å². The van der Waals surface area contributed by atoms with E-state index < -0.39 is 6.04 Å². The number of rotatable bonds is 5. The fourth-order valence-corrected chi connectivity index (χ4v) is 3.33. The lowest BCUT2D eigenvalue weighted by molar-refractivity contribution is -0.135. The number of amides is 3. The van der Waals surface area contributed by atoms with Crippen molar-refractivity contribution in [2.75, 3.05) is 26.2 Å². The summed E-state index contributed by atoms with van der Waals surface area (Å²) >= 11 is 0. The van der Waals surface area contributed by atoms with Crippen molar-refractivity contribution in [2.24, 2.45) is 5.92 Å². The normalized spacial score (nSPS) is 15.3. The van der Waals surface area contributed by atoms with Crippen molar-refractivity contribution in [2.45, 2.75) is 26.8 Å². The Kier molecular flexibility index (Phi) is 6.36. The minimum absolute atomic E-state index is 0.0559. The predicted octanol–water partition coefficient (Wildman–Crippen LogP) is 2.33. The second-order valence-electron chi connectivity index (χ2n) is 7.66. The molecule has 0 aliphatic carbocycles. The van der Waals surface area contributed by atoms with Crippen LogP contribution in [0.3, 0.4) is 0 Å². The first-order valence-electron chi connectivity index (χ1n) is 9.86. The molecule has 1 fully saturated rings. The Hall–Kier alpha value is -3.09. The lowest BCUT2D eigenvalue weighted by atomic mass is 10.0. The van der Waals surface area contributed by atoms with Crippen molar-refractivity contribution >= 4 is 17.7 Å². The molecular weight excluding hydrogens is 370 g/mol. The third-order valence-electron chi connectivity index (χ3n) is 5.14. The first-order chi connectivity index (χ1) is 13.9. The first kappa shape index (κ1) is 20.6. The maximum absolute atomic E-state index is 13.1. The van der Waals surface area contributed by atoms with Gasteiger partial charge >= 0.3 is 0 Å². The number of nitrogens with zero attached hydrogens (tertiary/aromatic N) is 2. The summed E-state index contributed by atoms with van der Waals surface area (Å²) in [6.45, 7) is 7.50. The van der Waals surface area contributed by atoms with Crippen LogP contribution in [0.15, 0.2) is 47.1 Å². The molecule has 2 heterocycles. The average molecular weight is 397 g/mol. The second-order valence-corrected chi connectivity index (χ2v) is 7.66. The van der Waals surface area contributed by atoms with Gasteiger partial charge < -0.3 is 19.5 Å². The van der Waals surface area contributed by atoms with Gasteiger partial charge in [-0.2, -0.15) is 0 Å². The summed E-state index contributed by atoms with van der Waals surface area (Å²) < 4.78 is 5.17. The van der Waals surface area contributed by atoms with Crippen molar-refractivity contribution in [3.05, 3.63) is 59.5 Å². The van der Waals surface area contributed by atoms with E-state index in [0.717, 1.165) is 5.56 Å². The second kappa shape index (κ2) is 8.94. The molecule has 1 aliphatic rings. The fraction of sp³-hybridized carbons (Fsp3) is 0.409. The summed E-state index contributed by atoms with van der Waals surface area (Å²) in [5, 5.41) is 2.88. The molecule has 1 N–H and O–H groups in total. The summed E-state index contributed by atoms with van der Waals surface area (Å²) in [4.78, 5) is 41.4. The topological polar surface area (TPSA) is 82.9 Å². The molecule has 1 atom stereocenters. The van der Waals surface area contributed by atoms with Gasteiger partial charge in [-0.05, 0) is 37.1 Å². The van der Waals surface area contributed by atoms with Gasteiger partial charge in [-0.15, -0.1) is 0 Å². The van der Waals surface area contributed by atoms with Crippen LogP contribution in [0.2, 0.25) is 0 Å². The van der Waals surface area contributed by atoms with Gasteiger partial charge in [-0.3, -0.25) is 14.4 Å². The van der Waals surface area contributed by atoms with Crippen LogP contribution >= 0.6 is 0 Å². The van der Waals surface area contributed by atoms with Crippen LogP contribution in [0, 0.1) is 12.8 Å². The Morgan fingerprint density at radius 2 is 1.59 bits per heavy atom. The van der Waals surface area contributed by atoms with Gasteiger partial charge in [-0.1, -0.05) is 31.5 Å². The summed E-state index contributed by atoms with van der Waals surface area (Å²) in [6.07, 6.45) is 1.47. The zero-order valence-corrected chi connectivity index (χ0v) is 17.1. The molecule has 1 aliphatic heterocycles. The van der Waals surface area contributed by atoms with Crippen LogP contribution < -0.4 is 5.32 Å². The number of aryl methyl sites for hydroxylation is 1. The Labute approximate surface area is 170 Å². The largest absolute Gasteiger partial charge is 0.459 e. The molecule has 154 valence electrons. The Morgan fingerprint density at radius 3 is 2.14 bits per heavy atom. The number of piperazine rings is 1. The van der Waals surface area contributed by atoms with Crippen LogP contribution in [-0.4, -0.2) is 59.7 Å². The molecule has 0 spiro atoms. The maximum Gasteiger partial charge on any atom is 0.289 e. The molecule has 1 unspecified atom stereocenters. The number of carbonyl (C=O) groups excluding carboxylic acids is 3. The highest BCUT2D eigenvalue weighted by molar-refractivity contribution is 5.97. The molecule has 1 aromatic heterocycles. The minimum atomic E-state index is -0.615. The van der Waals surface area contributed by atoms with E-state index in [9.17, 15) is 14.4 Å². The van der Waals surface area contributed by atoms with Crippen molar-refractivity contribution in [3.63, 3.8) is 0 Å². The molecule has 7 nitrogen and oxygen atoms in total. The molecule has 3 rings (SSSR count). The monoisotopic (exact) mass is 397 g/mol. The Balaban J connectivity index is 1.60. The van der Waals surface area contributed by atoms with Gasteiger partial charge in [0.15, 0.2) is 5.76 Å². The van der Waals surface area contributed by atoms with E-state index in [4.69, 9.17) is 4.42 Å². The fourth-order valence-electron chi connectivity index (χ4n) is 3.33. The average Bonchev–Trinajstić information content (AvgIpc) is 3.26. The van der Waals surface area contributed by atoms with Crippen molar-refractivity contribution in [1.82, 2.24) is 15.1 Å². The molecule has 2 aromatic rings. The lowest BCUT2D eigenvalue weighted by Gasteiger charge is -2.37. The van der Waals surface area contributed by atoms with E-state index in [1.165, 1.54) is 6.26 Å². The molecule has 0 radical (unpaired) electrons. The summed E-state index contributed by atoms with van der Waals surface area (Å²) in [5.41, 5.74) is 1.60. The molecule has 1 saturated heterocycles. The van der Waals surface area contributed by atoms with Gasteiger partial charge in [-0.25, -0.2) is 0 Å². The van der Waals surface area contributed by atoms with Gasteiger partial charge in [0.2, 0.25) is 5.91 Å². The first-order valence-corrected chi connectivity index (χ1v) is 9.86. The van der Waals surface area contributed by atoms with Gasteiger partial charge in [0.1, 0.15) is 6.04 Å². The Morgan fingerprint density at radius 1 is 0.966 bits per heavy atom. The van der Waals surface area contributed by atoms with E-state index in [-0.39, 0.29) is 23.6 Å². The number of carbonyl (C=O) groups is 3. The van der Waals surface area contributed by atoms with Gasteiger partial charge in [0.05, 0.1) is 6.26 Å². The molecule has 0 saturated carbocycles. The summed E-state index contributed by atoms with van der Waals surface area (Å²) in [5.74, 6) is -0.306. The number of furan rings is 1. The van der Waals surface area contributed by atoms with Crippen LogP contribution in [0.5, 0.6) is 0 Å². The number of benzene rings is 1. The zero-order chi connectivity index (χ0) is 21.0. The van der Waals surface area contributed by atoms with E-state index >= 15 is 0 Å². The third kappa shape index (κ3) is 4.85. The minimum Gasteiger partial charge on any atom is -0.459 e. The summed E-state index contributed by atoms with van der Waals surface area (Å²) in [6, 6.07) is 9.95. The highest BCUT2D eigenvalue weighted by atomic mass is 16.3. The number of nitrogens with one attached hydrogen (secondary N) is 1. The SMILES string of the molecule is Cc1ccc(C(=O)NC(C(=O)N2CCN(C(=O)c3ccco3)CC2)C(C)C)cc1. The molecule has 7 heteroatoms. The smallest absolute Gasteiger partial charge is 0.289 e. The number of hydrogen-bond acceptors (Lipinski definition) is 4.